The summed E-state index contributed by atoms with van der Waals surface area (Å²) in [5.41, 5.74) is -0.583. The van der Waals surface area contributed by atoms with Crippen molar-refractivity contribution in [3.05, 3.63) is 52.0 Å². The highest BCUT2D eigenvalue weighted by Gasteiger charge is 2.31. The average Bonchev–Trinajstić information content (AvgIpc) is 2.80. The Bertz CT molecular complexity index is 496. The molecule has 0 radical (unpaired) electrons. The summed E-state index contributed by atoms with van der Waals surface area (Å²) in [5, 5.41) is 11.9. The molecule has 0 bridgehead atoms. The number of hydrogen-bond donors (Lipinski definition) is 1. The first-order chi connectivity index (χ1) is 7.98. The van der Waals surface area contributed by atoms with Gasteiger partial charge in [0.1, 0.15) is 11.1 Å². The molecule has 0 saturated heterocycles. The van der Waals surface area contributed by atoms with Gasteiger partial charge in [-0.3, -0.25) is 0 Å². The lowest BCUT2D eigenvalue weighted by molar-refractivity contribution is -0.137. The summed E-state index contributed by atoms with van der Waals surface area (Å²) in [6, 6.07) is 4.63. The van der Waals surface area contributed by atoms with Gasteiger partial charge in [-0.2, -0.15) is 13.2 Å². The Morgan fingerprint density at radius 1 is 1.29 bits per heavy atom. The van der Waals surface area contributed by atoms with Gasteiger partial charge in [0, 0.05) is 11.6 Å². The molecule has 1 unspecified atom stereocenters. The van der Waals surface area contributed by atoms with Gasteiger partial charge < -0.3 is 5.11 Å². The van der Waals surface area contributed by atoms with E-state index in [0.717, 1.165) is 12.1 Å². The fraction of sp³-hybridized carbons (Fsp3) is 0.182. The molecule has 0 fully saturated rings. The molecule has 2 aromatic rings. The van der Waals surface area contributed by atoms with Gasteiger partial charge >= 0.3 is 6.18 Å². The Morgan fingerprint density at radius 2 is 2.06 bits per heavy atom. The van der Waals surface area contributed by atoms with Crippen LogP contribution in [0.2, 0.25) is 0 Å². The third kappa shape index (κ3) is 2.65. The number of aliphatic hydroxyl groups is 1. The molecule has 0 amide bonds. The second-order valence-electron chi connectivity index (χ2n) is 3.40. The number of benzene rings is 1. The Balaban J connectivity index is 2.34. The quantitative estimate of drug-likeness (QED) is 0.898. The SMILES string of the molecule is OC(c1cccc(C(F)(F)F)c1)c1nccs1. The summed E-state index contributed by atoms with van der Waals surface area (Å²) >= 11 is 1.20. The number of nitrogens with zero attached hydrogens (tertiary/aromatic N) is 1. The van der Waals surface area contributed by atoms with Crippen LogP contribution in [0.3, 0.4) is 0 Å². The molecular formula is C11H8F3NOS. The molecule has 0 spiro atoms. The highest BCUT2D eigenvalue weighted by atomic mass is 32.1. The lowest BCUT2D eigenvalue weighted by atomic mass is 10.1. The fourth-order valence-electron chi connectivity index (χ4n) is 1.40. The maximum absolute atomic E-state index is 12.5. The van der Waals surface area contributed by atoms with E-state index in [9.17, 15) is 18.3 Å². The minimum absolute atomic E-state index is 0.190. The third-order valence-electron chi connectivity index (χ3n) is 2.22. The van der Waals surface area contributed by atoms with Crippen LogP contribution in [-0.2, 0) is 6.18 Å². The minimum Gasteiger partial charge on any atom is -0.381 e. The Kier molecular flexibility index (Phi) is 3.17. The van der Waals surface area contributed by atoms with Crippen molar-refractivity contribution in [1.29, 1.82) is 0 Å². The Labute approximate surface area is 99.4 Å². The van der Waals surface area contributed by atoms with Crippen molar-refractivity contribution in [2.24, 2.45) is 0 Å². The molecule has 6 heteroatoms. The first-order valence-electron chi connectivity index (χ1n) is 4.73. The van der Waals surface area contributed by atoms with Gasteiger partial charge in [-0.05, 0) is 17.7 Å². The van der Waals surface area contributed by atoms with Crippen LogP contribution in [0.25, 0.3) is 0 Å². The highest BCUT2D eigenvalue weighted by molar-refractivity contribution is 7.09. The number of hydrogen-bond acceptors (Lipinski definition) is 3. The van der Waals surface area contributed by atoms with Crippen molar-refractivity contribution >= 4 is 11.3 Å². The van der Waals surface area contributed by atoms with Gasteiger partial charge in [-0.15, -0.1) is 11.3 Å². The number of aliphatic hydroxyl groups excluding tert-OH is 1. The van der Waals surface area contributed by atoms with E-state index in [1.807, 2.05) is 0 Å². The van der Waals surface area contributed by atoms with Crippen LogP contribution in [0.15, 0.2) is 35.8 Å². The number of alkyl halides is 3. The van der Waals surface area contributed by atoms with Crippen LogP contribution in [0.4, 0.5) is 13.2 Å². The van der Waals surface area contributed by atoms with Gasteiger partial charge in [0.15, 0.2) is 0 Å². The summed E-state index contributed by atoms with van der Waals surface area (Å²) in [4.78, 5) is 3.87. The van der Waals surface area contributed by atoms with E-state index < -0.39 is 17.8 Å². The molecule has 1 aromatic carbocycles. The van der Waals surface area contributed by atoms with E-state index in [2.05, 4.69) is 4.98 Å². The second-order valence-corrected chi connectivity index (χ2v) is 4.32. The molecule has 2 rings (SSSR count). The zero-order chi connectivity index (χ0) is 12.5. The van der Waals surface area contributed by atoms with Crippen molar-refractivity contribution in [2.45, 2.75) is 12.3 Å². The van der Waals surface area contributed by atoms with Crippen LogP contribution >= 0.6 is 11.3 Å². The number of aromatic nitrogens is 1. The predicted octanol–water partition coefficient (Wildman–Crippen LogP) is 3.24. The Morgan fingerprint density at radius 3 is 2.65 bits per heavy atom. The van der Waals surface area contributed by atoms with Crippen molar-refractivity contribution in [2.75, 3.05) is 0 Å². The number of thiazole rings is 1. The fourth-order valence-corrected chi connectivity index (χ4v) is 2.05. The summed E-state index contributed by atoms with van der Waals surface area (Å²) < 4.78 is 37.4. The molecule has 17 heavy (non-hydrogen) atoms. The third-order valence-corrected chi connectivity index (χ3v) is 3.04. The van der Waals surface area contributed by atoms with Crippen LogP contribution in [0.5, 0.6) is 0 Å². The van der Waals surface area contributed by atoms with Crippen molar-refractivity contribution < 1.29 is 18.3 Å². The molecule has 0 saturated carbocycles. The van der Waals surface area contributed by atoms with E-state index in [1.165, 1.54) is 29.7 Å². The average molecular weight is 259 g/mol. The normalized spacial score (nSPS) is 13.6. The lowest BCUT2D eigenvalue weighted by Crippen LogP contribution is -2.07. The van der Waals surface area contributed by atoms with Gasteiger partial charge in [-0.25, -0.2) is 4.98 Å². The smallest absolute Gasteiger partial charge is 0.381 e. The standard InChI is InChI=1S/C11H8F3NOS/c12-11(13,14)8-3-1-2-7(6-8)9(16)10-15-4-5-17-10/h1-6,9,16H. The maximum atomic E-state index is 12.5. The topological polar surface area (TPSA) is 33.1 Å². The molecule has 1 N–H and O–H groups in total. The zero-order valence-corrected chi connectivity index (χ0v) is 9.29. The molecule has 1 aromatic heterocycles. The summed E-state index contributed by atoms with van der Waals surface area (Å²) in [6.07, 6.45) is -4.02. The molecule has 90 valence electrons. The van der Waals surface area contributed by atoms with Crippen molar-refractivity contribution in [1.82, 2.24) is 4.98 Å². The lowest BCUT2D eigenvalue weighted by Gasteiger charge is -2.11. The first-order valence-corrected chi connectivity index (χ1v) is 5.61. The zero-order valence-electron chi connectivity index (χ0n) is 8.48. The molecule has 2 nitrogen and oxygen atoms in total. The largest absolute Gasteiger partial charge is 0.416 e. The van der Waals surface area contributed by atoms with E-state index in [-0.39, 0.29) is 5.56 Å². The first kappa shape index (κ1) is 12.1. The van der Waals surface area contributed by atoms with Gasteiger partial charge in [-0.1, -0.05) is 12.1 Å². The van der Waals surface area contributed by atoms with E-state index >= 15 is 0 Å². The predicted molar refractivity (Wildman–Crippen MR) is 57.6 cm³/mol. The van der Waals surface area contributed by atoms with Crippen LogP contribution < -0.4 is 0 Å². The molecule has 0 aliphatic rings. The number of halogens is 3. The van der Waals surface area contributed by atoms with E-state index in [0.29, 0.717) is 5.01 Å². The van der Waals surface area contributed by atoms with Crippen LogP contribution in [-0.4, -0.2) is 10.1 Å². The maximum Gasteiger partial charge on any atom is 0.416 e. The molecule has 1 heterocycles. The van der Waals surface area contributed by atoms with Crippen molar-refractivity contribution in [3.63, 3.8) is 0 Å². The summed E-state index contributed by atoms with van der Waals surface area (Å²) in [7, 11) is 0. The monoisotopic (exact) mass is 259 g/mol. The summed E-state index contributed by atoms with van der Waals surface area (Å²) in [6.45, 7) is 0. The minimum atomic E-state index is -4.40. The van der Waals surface area contributed by atoms with Gasteiger partial charge in [0.05, 0.1) is 5.56 Å². The number of rotatable bonds is 2. The molecular weight excluding hydrogens is 251 g/mol. The van der Waals surface area contributed by atoms with Gasteiger partial charge in [0.25, 0.3) is 0 Å². The highest BCUT2D eigenvalue weighted by Crippen LogP contribution is 2.32. The molecule has 0 aliphatic heterocycles. The van der Waals surface area contributed by atoms with Crippen molar-refractivity contribution in [3.8, 4) is 0 Å². The van der Waals surface area contributed by atoms with Crippen LogP contribution in [0.1, 0.15) is 22.2 Å². The second kappa shape index (κ2) is 4.46. The van der Waals surface area contributed by atoms with E-state index in [4.69, 9.17) is 0 Å². The molecule has 0 aliphatic carbocycles. The van der Waals surface area contributed by atoms with E-state index in [1.54, 1.807) is 5.38 Å². The van der Waals surface area contributed by atoms with Crippen LogP contribution in [0, 0.1) is 0 Å². The Hall–Kier alpha value is -1.40. The molecule has 1 atom stereocenters. The van der Waals surface area contributed by atoms with Gasteiger partial charge in [0.2, 0.25) is 0 Å². The summed E-state index contributed by atoms with van der Waals surface area (Å²) in [5.74, 6) is 0.